The molecule has 10 heteroatoms. The van der Waals surface area contributed by atoms with Crippen LogP contribution in [0.5, 0.6) is 0 Å². The maximum absolute atomic E-state index is 13.2. The van der Waals surface area contributed by atoms with E-state index in [1.54, 1.807) is 26.0 Å². The van der Waals surface area contributed by atoms with Crippen molar-refractivity contribution in [2.45, 2.75) is 51.0 Å². The lowest BCUT2D eigenvalue weighted by atomic mass is 9.97. The van der Waals surface area contributed by atoms with Gasteiger partial charge in [-0.1, -0.05) is 6.92 Å². The lowest BCUT2D eigenvalue weighted by Gasteiger charge is -2.34. The van der Waals surface area contributed by atoms with Gasteiger partial charge in [-0.3, -0.25) is 9.59 Å². The van der Waals surface area contributed by atoms with Gasteiger partial charge in [-0.05, 0) is 51.3 Å². The van der Waals surface area contributed by atoms with E-state index < -0.39 is 10.0 Å². The average molecular weight is 456 g/mol. The highest BCUT2D eigenvalue weighted by Crippen LogP contribution is 2.32. The lowest BCUT2D eigenvalue weighted by molar-refractivity contribution is -0.148. The molecule has 0 radical (unpaired) electrons. The van der Waals surface area contributed by atoms with E-state index in [9.17, 15) is 18.0 Å². The first-order chi connectivity index (χ1) is 14.7. The number of piperidine rings is 1. The molecule has 1 amide bonds. The molecule has 31 heavy (non-hydrogen) atoms. The van der Waals surface area contributed by atoms with Crippen LogP contribution in [0, 0.1) is 5.92 Å². The normalized spacial score (nSPS) is 17.8. The van der Waals surface area contributed by atoms with Crippen molar-refractivity contribution in [2.75, 3.05) is 43.6 Å². The Kier molecular flexibility index (Phi) is 9.27. The summed E-state index contributed by atoms with van der Waals surface area (Å²) in [7, 11) is -2.45. The molecular weight excluding hydrogens is 422 g/mol. The van der Waals surface area contributed by atoms with Crippen LogP contribution < -0.4 is 14.9 Å². The summed E-state index contributed by atoms with van der Waals surface area (Å²) in [5, 5.41) is 2.65. The molecular formula is C21H33N3O6S. The Morgan fingerprint density at radius 3 is 2.68 bits per heavy atom. The van der Waals surface area contributed by atoms with Crippen LogP contribution in [-0.2, 0) is 29.1 Å². The number of nitrogens with zero attached hydrogens (tertiary/aromatic N) is 1. The van der Waals surface area contributed by atoms with Gasteiger partial charge in [0.05, 0.1) is 18.2 Å². The van der Waals surface area contributed by atoms with Crippen LogP contribution in [0.2, 0.25) is 0 Å². The van der Waals surface area contributed by atoms with Crippen LogP contribution in [0.3, 0.4) is 0 Å². The SMILES string of the molecule is CCOC(=O)C1CCCN(c2ccc(NC(=O)COC)cc2S(=O)(=O)NC(C)CC)C1. The first-order valence-corrected chi connectivity index (χ1v) is 12.1. The Labute approximate surface area is 184 Å². The molecule has 1 saturated heterocycles. The third-order valence-corrected chi connectivity index (χ3v) is 6.78. The summed E-state index contributed by atoms with van der Waals surface area (Å²) in [6.45, 7) is 6.62. The molecule has 2 unspecified atom stereocenters. The lowest BCUT2D eigenvalue weighted by Crippen LogP contribution is -2.41. The molecule has 0 saturated carbocycles. The molecule has 1 aromatic rings. The molecule has 2 N–H and O–H groups in total. The van der Waals surface area contributed by atoms with Gasteiger partial charge >= 0.3 is 5.97 Å². The van der Waals surface area contributed by atoms with Crippen LogP contribution in [0.15, 0.2) is 23.1 Å². The zero-order valence-corrected chi connectivity index (χ0v) is 19.5. The molecule has 1 aliphatic rings. The maximum atomic E-state index is 13.2. The van der Waals surface area contributed by atoms with Gasteiger partial charge in [0.2, 0.25) is 15.9 Å². The predicted octanol–water partition coefficient (Wildman–Crippen LogP) is 2.13. The molecule has 2 rings (SSSR count). The molecule has 0 aromatic heterocycles. The molecule has 174 valence electrons. The highest BCUT2D eigenvalue weighted by Gasteiger charge is 2.31. The number of carbonyl (C=O) groups excluding carboxylic acids is 2. The molecule has 1 heterocycles. The Bertz CT molecular complexity index is 874. The van der Waals surface area contributed by atoms with E-state index in [4.69, 9.17) is 9.47 Å². The van der Waals surface area contributed by atoms with Crippen molar-refractivity contribution >= 4 is 33.3 Å². The van der Waals surface area contributed by atoms with Crippen molar-refractivity contribution in [3.8, 4) is 0 Å². The minimum Gasteiger partial charge on any atom is -0.466 e. The Morgan fingerprint density at radius 1 is 1.29 bits per heavy atom. The fourth-order valence-electron chi connectivity index (χ4n) is 3.46. The van der Waals surface area contributed by atoms with E-state index in [1.165, 1.54) is 13.2 Å². The number of amides is 1. The second-order valence-electron chi connectivity index (χ2n) is 7.63. The standard InChI is InChI=1S/C21H33N3O6S/c1-5-15(3)23-31(27,28)19-12-17(22-20(25)14-29-4)9-10-18(19)24-11-7-8-16(13-24)21(26)30-6-2/h9-10,12,15-16,23H,5-8,11,13-14H2,1-4H3,(H,22,25). The first kappa shape index (κ1) is 25.1. The van der Waals surface area contributed by atoms with E-state index in [1.807, 2.05) is 11.8 Å². The number of nitrogens with one attached hydrogen (secondary N) is 2. The van der Waals surface area contributed by atoms with E-state index in [2.05, 4.69) is 10.0 Å². The van der Waals surface area contributed by atoms with Crippen molar-refractivity contribution in [1.82, 2.24) is 4.72 Å². The Hall–Kier alpha value is -2.17. The summed E-state index contributed by atoms with van der Waals surface area (Å²) in [6.07, 6.45) is 2.08. The topological polar surface area (TPSA) is 114 Å². The second-order valence-corrected chi connectivity index (χ2v) is 9.31. The number of rotatable bonds is 10. The van der Waals surface area contributed by atoms with Crippen molar-refractivity contribution in [3.63, 3.8) is 0 Å². The van der Waals surface area contributed by atoms with Gasteiger partial charge in [0.15, 0.2) is 0 Å². The zero-order chi connectivity index (χ0) is 23.0. The van der Waals surface area contributed by atoms with Crippen molar-refractivity contribution in [1.29, 1.82) is 0 Å². The number of carbonyl (C=O) groups is 2. The monoisotopic (exact) mass is 455 g/mol. The summed E-state index contributed by atoms with van der Waals surface area (Å²) in [5.41, 5.74) is 0.851. The molecule has 1 aliphatic heterocycles. The summed E-state index contributed by atoms with van der Waals surface area (Å²) in [5.74, 6) is -0.959. The highest BCUT2D eigenvalue weighted by molar-refractivity contribution is 7.89. The first-order valence-electron chi connectivity index (χ1n) is 10.6. The zero-order valence-electron chi connectivity index (χ0n) is 18.6. The van der Waals surface area contributed by atoms with Crippen LogP contribution in [0.25, 0.3) is 0 Å². The van der Waals surface area contributed by atoms with E-state index in [0.717, 1.165) is 6.42 Å². The number of anilines is 2. The molecule has 1 aromatic carbocycles. The number of sulfonamides is 1. The fourth-order valence-corrected chi connectivity index (χ4v) is 5.03. The smallest absolute Gasteiger partial charge is 0.310 e. The maximum Gasteiger partial charge on any atom is 0.310 e. The molecule has 2 atom stereocenters. The van der Waals surface area contributed by atoms with Gasteiger partial charge in [-0.2, -0.15) is 0 Å². The fraction of sp³-hybridized carbons (Fsp3) is 0.619. The quantitative estimate of drug-likeness (QED) is 0.520. The van der Waals surface area contributed by atoms with E-state index >= 15 is 0 Å². The number of ether oxygens (including phenoxy) is 2. The summed E-state index contributed by atoms with van der Waals surface area (Å²) < 4.78 is 39.0. The van der Waals surface area contributed by atoms with Crippen LogP contribution in [0.4, 0.5) is 11.4 Å². The molecule has 9 nitrogen and oxygen atoms in total. The predicted molar refractivity (Wildman–Crippen MR) is 119 cm³/mol. The number of benzene rings is 1. The highest BCUT2D eigenvalue weighted by atomic mass is 32.2. The van der Waals surface area contributed by atoms with Gasteiger partial charge in [-0.25, -0.2) is 13.1 Å². The van der Waals surface area contributed by atoms with E-state index in [-0.39, 0.29) is 35.3 Å². The Balaban J connectivity index is 2.40. The van der Waals surface area contributed by atoms with Crippen LogP contribution in [0.1, 0.15) is 40.0 Å². The van der Waals surface area contributed by atoms with E-state index in [0.29, 0.717) is 43.9 Å². The van der Waals surface area contributed by atoms with Gasteiger partial charge < -0.3 is 19.7 Å². The summed E-state index contributed by atoms with van der Waals surface area (Å²) in [4.78, 5) is 26.1. The van der Waals surface area contributed by atoms with Crippen molar-refractivity contribution in [2.24, 2.45) is 5.92 Å². The summed E-state index contributed by atoms with van der Waals surface area (Å²) in [6, 6.07) is 4.51. The van der Waals surface area contributed by atoms with Crippen LogP contribution >= 0.6 is 0 Å². The third kappa shape index (κ3) is 6.91. The molecule has 0 spiro atoms. The minimum absolute atomic E-state index is 0.0625. The summed E-state index contributed by atoms with van der Waals surface area (Å²) >= 11 is 0. The Morgan fingerprint density at radius 2 is 2.03 bits per heavy atom. The largest absolute Gasteiger partial charge is 0.466 e. The molecule has 1 fully saturated rings. The van der Waals surface area contributed by atoms with Crippen molar-refractivity contribution in [3.05, 3.63) is 18.2 Å². The van der Waals surface area contributed by atoms with Gasteiger partial charge in [-0.15, -0.1) is 0 Å². The molecule has 0 aliphatic carbocycles. The van der Waals surface area contributed by atoms with Crippen molar-refractivity contribution < 1.29 is 27.5 Å². The average Bonchev–Trinajstić information content (AvgIpc) is 2.73. The second kappa shape index (κ2) is 11.4. The minimum atomic E-state index is -3.86. The van der Waals surface area contributed by atoms with Gasteiger partial charge in [0.1, 0.15) is 11.5 Å². The number of hydrogen-bond donors (Lipinski definition) is 2. The number of esters is 1. The van der Waals surface area contributed by atoms with Crippen LogP contribution in [-0.4, -0.2) is 59.7 Å². The molecule has 0 bridgehead atoms. The van der Waals surface area contributed by atoms with Gasteiger partial charge in [0.25, 0.3) is 0 Å². The number of methoxy groups -OCH3 is 1. The third-order valence-electron chi connectivity index (χ3n) is 5.16. The van der Waals surface area contributed by atoms with Gasteiger partial charge in [0, 0.05) is 31.9 Å². The number of hydrogen-bond acceptors (Lipinski definition) is 7.